The first-order valence-corrected chi connectivity index (χ1v) is 6.47. The summed E-state index contributed by atoms with van der Waals surface area (Å²) in [4.78, 5) is 11.8. The molecule has 0 aromatic heterocycles. The van der Waals surface area contributed by atoms with E-state index >= 15 is 0 Å². The highest BCUT2D eigenvalue weighted by atomic mass is 16.3. The first-order chi connectivity index (χ1) is 7.86. The highest BCUT2D eigenvalue weighted by Crippen LogP contribution is 2.47. The number of aliphatic hydroxyl groups is 1. The average molecular weight is 234 g/mol. The predicted molar refractivity (Wildman–Crippen MR) is 68.6 cm³/mol. The molecule has 0 unspecified atom stereocenters. The zero-order valence-electron chi connectivity index (χ0n) is 11.0. The Balaban J connectivity index is 2.42. The van der Waals surface area contributed by atoms with Crippen molar-refractivity contribution in [2.24, 2.45) is 11.8 Å². The Hall–Kier alpha value is -0.890. The molecular weight excluding hydrogens is 212 g/mol. The van der Waals surface area contributed by atoms with E-state index in [1.54, 1.807) is 0 Å². The van der Waals surface area contributed by atoms with Gasteiger partial charge in [0, 0.05) is 6.42 Å². The highest BCUT2D eigenvalue weighted by molar-refractivity contribution is 6.00. The van der Waals surface area contributed by atoms with Crippen molar-refractivity contribution in [2.45, 2.75) is 52.1 Å². The average Bonchev–Trinajstić information content (AvgIpc) is 2.39. The van der Waals surface area contributed by atoms with Crippen LogP contribution in [0.3, 0.4) is 0 Å². The molecule has 0 aromatic carbocycles. The van der Waals surface area contributed by atoms with Crippen LogP contribution >= 0.6 is 0 Å². The summed E-state index contributed by atoms with van der Waals surface area (Å²) in [6, 6.07) is 0. The van der Waals surface area contributed by atoms with Crippen molar-refractivity contribution in [3.8, 4) is 0 Å². The summed E-state index contributed by atoms with van der Waals surface area (Å²) in [5.74, 6) is 0.710. The SMILES string of the molecule is C=C(C)[C@@H]1CC[C@@H](C)[C@@]2(O)CC(=O)C(C)=C2C1. The molecular formula is C15H22O2. The lowest BCUT2D eigenvalue weighted by Crippen LogP contribution is -2.36. The minimum atomic E-state index is -0.870. The van der Waals surface area contributed by atoms with Crippen molar-refractivity contribution >= 4 is 5.78 Å². The monoisotopic (exact) mass is 234 g/mol. The van der Waals surface area contributed by atoms with Gasteiger partial charge in [-0.1, -0.05) is 19.1 Å². The molecule has 0 heterocycles. The van der Waals surface area contributed by atoms with Gasteiger partial charge in [-0.25, -0.2) is 0 Å². The largest absolute Gasteiger partial charge is 0.385 e. The molecule has 0 aromatic rings. The van der Waals surface area contributed by atoms with E-state index in [0.29, 0.717) is 5.92 Å². The van der Waals surface area contributed by atoms with Crippen LogP contribution in [0.4, 0.5) is 0 Å². The maximum atomic E-state index is 11.8. The van der Waals surface area contributed by atoms with Crippen LogP contribution in [0.15, 0.2) is 23.3 Å². The van der Waals surface area contributed by atoms with E-state index in [0.717, 1.165) is 30.4 Å². The van der Waals surface area contributed by atoms with E-state index in [1.165, 1.54) is 5.57 Å². The van der Waals surface area contributed by atoms with E-state index < -0.39 is 5.60 Å². The number of allylic oxidation sites excluding steroid dienone is 2. The van der Waals surface area contributed by atoms with Gasteiger partial charge in [-0.3, -0.25) is 4.79 Å². The molecule has 0 saturated heterocycles. The van der Waals surface area contributed by atoms with Gasteiger partial charge in [-0.15, -0.1) is 0 Å². The summed E-state index contributed by atoms with van der Waals surface area (Å²) < 4.78 is 0. The van der Waals surface area contributed by atoms with Crippen LogP contribution in [0.2, 0.25) is 0 Å². The fourth-order valence-electron chi connectivity index (χ4n) is 3.24. The number of carbonyl (C=O) groups is 1. The van der Waals surface area contributed by atoms with Crippen LogP contribution in [0, 0.1) is 11.8 Å². The van der Waals surface area contributed by atoms with Gasteiger partial charge in [0.25, 0.3) is 0 Å². The Morgan fingerprint density at radius 1 is 1.47 bits per heavy atom. The van der Waals surface area contributed by atoms with Crippen molar-refractivity contribution in [2.75, 3.05) is 0 Å². The Morgan fingerprint density at radius 3 is 2.71 bits per heavy atom. The maximum absolute atomic E-state index is 11.8. The topological polar surface area (TPSA) is 37.3 Å². The number of Topliss-reactive ketones (excluding diaryl/α,β-unsaturated/α-hetero) is 1. The zero-order chi connectivity index (χ0) is 12.8. The molecule has 2 heteroatoms. The Labute approximate surface area is 103 Å². The summed E-state index contributed by atoms with van der Waals surface area (Å²) >= 11 is 0. The summed E-state index contributed by atoms with van der Waals surface area (Å²) in [6.07, 6.45) is 3.15. The quantitative estimate of drug-likeness (QED) is 0.708. The fourth-order valence-corrected chi connectivity index (χ4v) is 3.24. The maximum Gasteiger partial charge on any atom is 0.161 e. The van der Waals surface area contributed by atoms with Crippen LogP contribution in [-0.4, -0.2) is 16.5 Å². The number of rotatable bonds is 1. The number of hydrogen-bond acceptors (Lipinski definition) is 2. The van der Waals surface area contributed by atoms with Gasteiger partial charge in [0.05, 0.1) is 5.60 Å². The third-order valence-electron chi connectivity index (χ3n) is 4.73. The van der Waals surface area contributed by atoms with E-state index in [2.05, 4.69) is 13.5 Å². The van der Waals surface area contributed by atoms with Gasteiger partial charge in [0.2, 0.25) is 0 Å². The minimum Gasteiger partial charge on any atom is -0.385 e. The number of hydrogen-bond donors (Lipinski definition) is 1. The molecule has 2 aliphatic rings. The van der Waals surface area contributed by atoms with Gasteiger partial charge in [-0.05, 0) is 56.1 Å². The highest BCUT2D eigenvalue weighted by Gasteiger charge is 2.48. The van der Waals surface area contributed by atoms with Crippen molar-refractivity contribution in [1.29, 1.82) is 0 Å². The van der Waals surface area contributed by atoms with Crippen LogP contribution in [-0.2, 0) is 4.79 Å². The van der Waals surface area contributed by atoms with Crippen LogP contribution in [0.5, 0.6) is 0 Å². The molecule has 1 fully saturated rings. The molecule has 94 valence electrons. The van der Waals surface area contributed by atoms with E-state index in [-0.39, 0.29) is 18.1 Å². The first kappa shape index (κ1) is 12.6. The summed E-state index contributed by atoms with van der Waals surface area (Å²) in [5.41, 5.74) is 2.08. The lowest BCUT2D eigenvalue weighted by atomic mass is 9.81. The van der Waals surface area contributed by atoms with Gasteiger partial charge >= 0.3 is 0 Å². The van der Waals surface area contributed by atoms with Crippen LogP contribution < -0.4 is 0 Å². The van der Waals surface area contributed by atoms with Gasteiger partial charge < -0.3 is 5.11 Å². The second kappa shape index (κ2) is 4.09. The fraction of sp³-hybridized carbons (Fsp3) is 0.667. The van der Waals surface area contributed by atoms with Crippen molar-refractivity contribution in [3.05, 3.63) is 23.3 Å². The standard InChI is InChI=1S/C15H22O2/c1-9(2)12-6-5-10(3)15(17)8-14(16)11(4)13(15)7-12/h10,12,17H,1,5-8H2,2-4H3/t10-,12-,15+/m1/s1. The molecule has 3 atom stereocenters. The third-order valence-corrected chi connectivity index (χ3v) is 4.73. The van der Waals surface area contributed by atoms with E-state index in [4.69, 9.17) is 0 Å². The lowest BCUT2D eigenvalue weighted by molar-refractivity contribution is -0.118. The van der Waals surface area contributed by atoms with Crippen LogP contribution in [0.1, 0.15) is 46.5 Å². The number of carbonyl (C=O) groups excluding carboxylic acids is 1. The summed E-state index contributed by atoms with van der Waals surface area (Å²) in [6.45, 7) is 10.0. The van der Waals surface area contributed by atoms with Gasteiger partial charge in [0.15, 0.2) is 5.78 Å². The second-order valence-electron chi connectivity index (χ2n) is 5.85. The van der Waals surface area contributed by atoms with Crippen LogP contribution in [0.25, 0.3) is 0 Å². The predicted octanol–water partition coefficient (Wildman–Crippen LogP) is 3.02. The molecule has 0 radical (unpaired) electrons. The minimum absolute atomic E-state index is 0.122. The molecule has 0 bridgehead atoms. The smallest absolute Gasteiger partial charge is 0.161 e. The summed E-state index contributed by atoms with van der Waals surface area (Å²) in [7, 11) is 0. The first-order valence-electron chi connectivity index (χ1n) is 6.47. The molecule has 17 heavy (non-hydrogen) atoms. The molecule has 0 aliphatic heterocycles. The van der Waals surface area contributed by atoms with E-state index in [9.17, 15) is 9.90 Å². The molecule has 1 N–H and O–H groups in total. The van der Waals surface area contributed by atoms with Gasteiger partial charge in [-0.2, -0.15) is 0 Å². The Kier molecular flexibility index (Phi) is 3.03. The molecule has 2 nitrogen and oxygen atoms in total. The molecule has 2 aliphatic carbocycles. The zero-order valence-corrected chi connectivity index (χ0v) is 11.0. The number of ketones is 1. The second-order valence-corrected chi connectivity index (χ2v) is 5.85. The molecule has 1 saturated carbocycles. The normalized spacial score (nSPS) is 38.0. The summed E-state index contributed by atoms with van der Waals surface area (Å²) in [5, 5.41) is 10.8. The lowest BCUT2D eigenvalue weighted by Gasteiger charge is -2.30. The third kappa shape index (κ3) is 1.89. The van der Waals surface area contributed by atoms with Gasteiger partial charge in [0.1, 0.15) is 0 Å². The van der Waals surface area contributed by atoms with Crippen molar-refractivity contribution in [3.63, 3.8) is 0 Å². The number of fused-ring (bicyclic) bond motifs is 1. The van der Waals surface area contributed by atoms with Crippen molar-refractivity contribution in [1.82, 2.24) is 0 Å². The Morgan fingerprint density at radius 2 is 2.12 bits per heavy atom. The van der Waals surface area contributed by atoms with Crippen molar-refractivity contribution < 1.29 is 9.90 Å². The van der Waals surface area contributed by atoms with E-state index in [1.807, 2.05) is 13.8 Å². The Bertz CT molecular complexity index is 405. The molecule has 2 rings (SSSR count). The molecule has 0 amide bonds. The molecule has 0 spiro atoms.